The number of hydrogen-bond donors (Lipinski definition) is 2. The van der Waals surface area contributed by atoms with Crippen molar-refractivity contribution in [1.29, 1.82) is 0 Å². The van der Waals surface area contributed by atoms with Gasteiger partial charge in [-0.2, -0.15) is 0 Å². The number of ketones is 2. The third-order valence-electron chi connectivity index (χ3n) is 6.64. The molecule has 0 aliphatic carbocycles. The van der Waals surface area contributed by atoms with Crippen LogP contribution in [0.5, 0.6) is 0 Å². The lowest BCUT2D eigenvalue weighted by Gasteiger charge is -2.16. The molecular weight excluding hydrogens is 462 g/mol. The number of fused-ring (bicyclic) bond motifs is 1. The van der Waals surface area contributed by atoms with Gasteiger partial charge in [-0.3, -0.25) is 14.2 Å². The lowest BCUT2D eigenvalue weighted by molar-refractivity contribution is 0.0953. The van der Waals surface area contributed by atoms with Crippen molar-refractivity contribution < 1.29 is 14.3 Å². The number of nitrogens with one attached hydrogen (secondary N) is 2. The molecule has 182 valence electrons. The molecule has 0 amide bonds. The molecule has 1 fully saturated rings. The SMILES string of the molecule is CC(=O)c1c(C)[nH]c(C(=O)[C@H](C)Sc2nnc(-c3c[nH]c4ccccc34)n2C[C@H]2CCCO2)c1C. The van der Waals surface area contributed by atoms with E-state index in [0.29, 0.717) is 28.5 Å². The first-order chi connectivity index (χ1) is 16.8. The van der Waals surface area contributed by atoms with Crippen LogP contribution in [0.1, 0.15) is 58.8 Å². The predicted octanol–water partition coefficient (Wildman–Crippen LogP) is 5.12. The molecule has 2 N–H and O–H groups in total. The Kier molecular flexibility index (Phi) is 6.37. The Labute approximate surface area is 207 Å². The Morgan fingerprint density at radius 1 is 1.26 bits per heavy atom. The number of Topliss-reactive ketones (excluding diaryl/α,β-unsaturated/α-hetero) is 2. The minimum absolute atomic E-state index is 0.0460. The molecule has 0 unspecified atom stereocenters. The fraction of sp³-hybridized carbons (Fsp3) is 0.385. The van der Waals surface area contributed by atoms with Gasteiger partial charge in [-0.25, -0.2) is 0 Å². The van der Waals surface area contributed by atoms with Crippen LogP contribution < -0.4 is 0 Å². The van der Waals surface area contributed by atoms with Crippen LogP contribution in [0.15, 0.2) is 35.6 Å². The summed E-state index contributed by atoms with van der Waals surface area (Å²) in [6.45, 7) is 8.42. The summed E-state index contributed by atoms with van der Waals surface area (Å²) in [4.78, 5) is 31.8. The molecule has 9 heteroatoms. The second-order valence-electron chi connectivity index (χ2n) is 9.11. The van der Waals surface area contributed by atoms with Gasteiger partial charge in [0.15, 0.2) is 22.5 Å². The van der Waals surface area contributed by atoms with E-state index < -0.39 is 5.25 Å². The highest BCUT2D eigenvalue weighted by molar-refractivity contribution is 8.00. The molecule has 1 aromatic carbocycles. The second kappa shape index (κ2) is 9.47. The van der Waals surface area contributed by atoms with Gasteiger partial charge >= 0.3 is 0 Å². The van der Waals surface area contributed by atoms with Gasteiger partial charge in [-0.05, 0) is 52.2 Å². The van der Waals surface area contributed by atoms with Gasteiger partial charge in [0.05, 0.1) is 23.6 Å². The first kappa shape index (κ1) is 23.6. The maximum Gasteiger partial charge on any atom is 0.192 e. The predicted molar refractivity (Wildman–Crippen MR) is 136 cm³/mol. The van der Waals surface area contributed by atoms with E-state index in [1.165, 1.54) is 18.7 Å². The molecule has 4 heterocycles. The number of thioether (sulfide) groups is 1. The van der Waals surface area contributed by atoms with Crippen molar-refractivity contribution in [2.45, 2.75) is 63.6 Å². The summed E-state index contributed by atoms with van der Waals surface area (Å²) in [7, 11) is 0. The van der Waals surface area contributed by atoms with E-state index in [1.807, 2.05) is 45.2 Å². The largest absolute Gasteiger partial charge is 0.376 e. The van der Waals surface area contributed by atoms with Gasteiger partial charge in [-0.15, -0.1) is 10.2 Å². The minimum Gasteiger partial charge on any atom is -0.376 e. The van der Waals surface area contributed by atoms with E-state index in [0.717, 1.165) is 47.4 Å². The Bertz CT molecular complexity index is 1410. The molecular formula is C26H29N5O3S. The van der Waals surface area contributed by atoms with Crippen LogP contribution in [0.3, 0.4) is 0 Å². The fourth-order valence-corrected chi connectivity index (χ4v) is 5.84. The first-order valence-corrected chi connectivity index (χ1v) is 12.7. The number of H-pyrrole nitrogens is 2. The zero-order chi connectivity index (χ0) is 24.7. The molecule has 1 aliphatic heterocycles. The van der Waals surface area contributed by atoms with Crippen LogP contribution in [0.25, 0.3) is 22.3 Å². The van der Waals surface area contributed by atoms with E-state index in [2.05, 4.69) is 30.8 Å². The van der Waals surface area contributed by atoms with Gasteiger partial charge in [-0.1, -0.05) is 30.0 Å². The number of nitrogens with zero attached hydrogens (tertiary/aromatic N) is 3. The molecule has 1 saturated heterocycles. The molecule has 35 heavy (non-hydrogen) atoms. The normalized spacial score (nSPS) is 16.7. The van der Waals surface area contributed by atoms with Gasteiger partial charge in [0.25, 0.3) is 0 Å². The van der Waals surface area contributed by atoms with Crippen molar-refractivity contribution >= 4 is 34.2 Å². The van der Waals surface area contributed by atoms with Crippen molar-refractivity contribution in [3.05, 3.63) is 53.0 Å². The Balaban J connectivity index is 1.48. The van der Waals surface area contributed by atoms with E-state index in [9.17, 15) is 9.59 Å². The van der Waals surface area contributed by atoms with Crippen molar-refractivity contribution in [1.82, 2.24) is 24.7 Å². The van der Waals surface area contributed by atoms with Gasteiger partial charge in [0.2, 0.25) is 0 Å². The summed E-state index contributed by atoms with van der Waals surface area (Å²) in [5, 5.41) is 10.4. The number of benzene rings is 1. The molecule has 1 aliphatic rings. The van der Waals surface area contributed by atoms with Gasteiger partial charge in [0.1, 0.15) is 0 Å². The molecule has 0 spiro atoms. The van der Waals surface area contributed by atoms with Crippen molar-refractivity contribution in [3.63, 3.8) is 0 Å². The third kappa shape index (κ3) is 4.34. The molecule has 4 aromatic rings. The van der Waals surface area contributed by atoms with Gasteiger partial charge in [0, 0.05) is 40.5 Å². The quantitative estimate of drug-likeness (QED) is 0.262. The zero-order valence-corrected chi connectivity index (χ0v) is 21.2. The van der Waals surface area contributed by atoms with Crippen LogP contribution in [-0.4, -0.2) is 54.3 Å². The number of aromatic nitrogens is 5. The summed E-state index contributed by atoms with van der Waals surface area (Å²) in [6.07, 6.45) is 4.07. The first-order valence-electron chi connectivity index (χ1n) is 11.9. The average molecular weight is 492 g/mol. The lowest BCUT2D eigenvalue weighted by atomic mass is 10.0. The lowest BCUT2D eigenvalue weighted by Crippen LogP contribution is -2.19. The van der Waals surface area contributed by atoms with E-state index in [1.54, 1.807) is 0 Å². The molecule has 2 atom stereocenters. The summed E-state index contributed by atoms with van der Waals surface area (Å²) in [6, 6.07) is 8.10. The Morgan fingerprint density at radius 3 is 2.77 bits per heavy atom. The monoisotopic (exact) mass is 491 g/mol. The minimum atomic E-state index is -0.421. The van der Waals surface area contributed by atoms with E-state index in [4.69, 9.17) is 4.74 Å². The standard InChI is InChI=1S/C26H29N5O3S/c1-14-22(16(3)32)15(2)28-23(14)24(33)17(4)35-26-30-29-25(31(26)13-18-8-7-11-34-18)20-12-27-21-10-6-5-9-19(20)21/h5-6,9-10,12,17-18,27-28H,7-8,11,13H2,1-4H3/t17-,18+/m0/s1. The fourth-order valence-electron chi connectivity index (χ4n) is 4.93. The van der Waals surface area contributed by atoms with E-state index >= 15 is 0 Å². The number of rotatable bonds is 8. The number of para-hydroxylation sites is 1. The molecule has 5 rings (SSSR count). The highest BCUT2D eigenvalue weighted by Crippen LogP contribution is 2.33. The van der Waals surface area contributed by atoms with Crippen LogP contribution in [0, 0.1) is 13.8 Å². The topological polar surface area (TPSA) is 106 Å². The zero-order valence-electron chi connectivity index (χ0n) is 20.3. The number of aryl methyl sites for hydroxylation is 1. The number of hydrogen-bond acceptors (Lipinski definition) is 6. The highest BCUT2D eigenvalue weighted by atomic mass is 32.2. The molecule has 8 nitrogen and oxygen atoms in total. The summed E-state index contributed by atoms with van der Waals surface area (Å²) in [5.74, 6) is 0.643. The number of carbonyl (C=O) groups is 2. The van der Waals surface area contributed by atoms with Crippen molar-refractivity contribution in [3.8, 4) is 11.4 Å². The van der Waals surface area contributed by atoms with Crippen LogP contribution in [0.4, 0.5) is 0 Å². The second-order valence-corrected chi connectivity index (χ2v) is 10.4. The maximum absolute atomic E-state index is 13.4. The average Bonchev–Trinajstić information content (AvgIpc) is 3.61. The molecule has 0 radical (unpaired) electrons. The maximum atomic E-state index is 13.4. The number of aromatic amines is 2. The third-order valence-corrected chi connectivity index (χ3v) is 7.73. The Morgan fingerprint density at radius 2 is 2.06 bits per heavy atom. The van der Waals surface area contributed by atoms with Crippen molar-refractivity contribution in [2.75, 3.05) is 6.61 Å². The van der Waals surface area contributed by atoms with Crippen molar-refractivity contribution in [2.24, 2.45) is 0 Å². The Hall–Kier alpha value is -3.17. The summed E-state index contributed by atoms with van der Waals surface area (Å²) in [5.41, 5.74) is 4.50. The number of ether oxygens (including phenoxy) is 1. The van der Waals surface area contributed by atoms with Gasteiger partial charge < -0.3 is 14.7 Å². The molecule has 0 saturated carbocycles. The summed E-state index contributed by atoms with van der Waals surface area (Å²) >= 11 is 1.38. The summed E-state index contributed by atoms with van der Waals surface area (Å²) < 4.78 is 8.00. The van der Waals surface area contributed by atoms with E-state index in [-0.39, 0.29) is 17.7 Å². The van der Waals surface area contributed by atoms with Crippen LogP contribution >= 0.6 is 11.8 Å². The molecule has 0 bridgehead atoms. The van der Waals surface area contributed by atoms with Crippen LogP contribution in [-0.2, 0) is 11.3 Å². The highest BCUT2D eigenvalue weighted by Gasteiger charge is 2.28. The van der Waals surface area contributed by atoms with Crippen LogP contribution in [0.2, 0.25) is 0 Å². The smallest absolute Gasteiger partial charge is 0.192 e. The molecule has 3 aromatic heterocycles. The number of carbonyl (C=O) groups excluding carboxylic acids is 2.